The van der Waals surface area contributed by atoms with E-state index in [1.165, 1.54) is 0 Å². The molecule has 0 aliphatic rings. The topological polar surface area (TPSA) is 41.6 Å². The highest BCUT2D eigenvalue weighted by atomic mass is 35.5. The molecule has 1 aromatic carbocycles. The standard InChI is InChI=1S/C14H9Cl2N3S/c15-9-7-11-12(8-10(9)16)19(5-2-4-17)14(18-11)13-3-1-6-20-13/h1,3,6-8H,2,5H2. The number of hydrogen-bond acceptors (Lipinski definition) is 3. The van der Waals surface area contributed by atoms with Crippen molar-refractivity contribution in [3.63, 3.8) is 0 Å². The van der Waals surface area contributed by atoms with Gasteiger partial charge < -0.3 is 4.57 Å². The van der Waals surface area contributed by atoms with Crippen molar-refractivity contribution in [3.8, 4) is 16.8 Å². The summed E-state index contributed by atoms with van der Waals surface area (Å²) < 4.78 is 2.02. The zero-order valence-electron chi connectivity index (χ0n) is 10.3. The van der Waals surface area contributed by atoms with Crippen LogP contribution < -0.4 is 0 Å². The minimum atomic E-state index is 0.421. The quantitative estimate of drug-likeness (QED) is 0.682. The molecule has 0 atom stereocenters. The van der Waals surface area contributed by atoms with Gasteiger partial charge in [0.2, 0.25) is 0 Å². The van der Waals surface area contributed by atoms with Crippen LogP contribution in [-0.4, -0.2) is 9.55 Å². The fourth-order valence-corrected chi connectivity index (χ4v) is 3.14. The lowest BCUT2D eigenvalue weighted by Gasteiger charge is -2.05. The van der Waals surface area contributed by atoms with Gasteiger partial charge in [0.1, 0.15) is 0 Å². The highest BCUT2D eigenvalue weighted by Gasteiger charge is 2.15. The minimum absolute atomic E-state index is 0.421. The monoisotopic (exact) mass is 321 g/mol. The van der Waals surface area contributed by atoms with Gasteiger partial charge in [-0.15, -0.1) is 11.3 Å². The van der Waals surface area contributed by atoms with Crippen molar-refractivity contribution < 1.29 is 0 Å². The molecule has 0 aliphatic heterocycles. The molecule has 0 bridgehead atoms. The number of nitrogens with zero attached hydrogens (tertiary/aromatic N) is 3. The van der Waals surface area contributed by atoms with E-state index in [0.29, 0.717) is 23.0 Å². The molecule has 0 aliphatic carbocycles. The number of thiophene rings is 1. The van der Waals surface area contributed by atoms with Crippen molar-refractivity contribution in [2.75, 3.05) is 0 Å². The van der Waals surface area contributed by atoms with E-state index < -0.39 is 0 Å². The lowest BCUT2D eigenvalue weighted by atomic mass is 10.3. The van der Waals surface area contributed by atoms with E-state index in [9.17, 15) is 0 Å². The molecule has 0 saturated heterocycles. The normalized spacial score (nSPS) is 10.8. The third-order valence-corrected chi connectivity index (χ3v) is 4.57. The van der Waals surface area contributed by atoms with Crippen molar-refractivity contribution in [1.29, 1.82) is 5.26 Å². The summed E-state index contributed by atoms with van der Waals surface area (Å²) in [5.74, 6) is 0.851. The van der Waals surface area contributed by atoms with Gasteiger partial charge in [0.15, 0.2) is 5.82 Å². The van der Waals surface area contributed by atoms with E-state index in [1.807, 2.05) is 22.1 Å². The molecular formula is C14H9Cl2N3S. The number of imidazole rings is 1. The molecule has 0 amide bonds. The largest absolute Gasteiger partial charge is 0.322 e. The molecule has 0 spiro atoms. The smallest absolute Gasteiger partial charge is 0.151 e. The van der Waals surface area contributed by atoms with Gasteiger partial charge in [0.05, 0.1) is 38.4 Å². The van der Waals surface area contributed by atoms with Crippen LogP contribution in [0.2, 0.25) is 10.0 Å². The summed E-state index contributed by atoms with van der Waals surface area (Å²) in [5.41, 5.74) is 1.69. The van der Waals surface area contributed by atoms with E-state index in [4.69, 9.17) is 28.5 Å². The SMILES string of the molecule is N#CCCn1c(-c2cccs2)nc2cc(Cl)c(Cl)cc21. The Bertz CT molecular complexity index is 800. The van der Waals surface area contributed by atoms with Crippen molar-refractivity contribution in [2.45, 2.75) is 13.0 Å². The third kappa shape index (κ3) is 2.29. The van der Waals surface area contributed by atoms with Crippen molar-refractivity contribution in [1.82, 2.24) is 9.55 Å². The van der Waals surface area contributed by atoms with Gasteiger partial charge in [-0.1, -0.05) is 29.3 Å². The zero-order valence-corrected chi connectivity index (χ0v) is 12.6. The maximum Gasteiger partial charge on any atom is 0.151 e. The van der Waals surface area contributed by atoms with Crippen molar-refractivity contribution >= 4 is 45.6 Å². The predicted octanol–water partition coefficient (Wildman–Crippen LogP) is 4.99. The van der Waals surface area contributed by atoms with E-state index >= 15 is 0 Å². The zero-order chi connectivity index (χ0) is 14.1. The molecule has 100 valence electrons. The first-order valence-electron chi connectivity index (χ1n) is 5.97. The molecule has 0 N–H and O–H groups in total. The first kappa shape index (κ1) is 13.4. The molecule has 2 aromatic heterocycles. The molecule has 0 unspecified atom stereocenters. The van der Waals surface area contributed by atoms with Crippen LogP contribution in [0.4, 0.5) is 0 Å². The van der Waals surface area contributed by atoms with E-state index in [2.05, 4.69) is 11.1 Å². The van der Waals surface area contributed by atoms with E-state index in [0.717, 1.165) is 21.7 Å². The Hall–Kier alpha value is -1.54. The second kappa shape index (κ2) is 5.45. The van der Waals surface area contributed by atoms with Crippen LogP contribution in [0, 0.1) is 11.3 Å². The maximum atomic E-state index is 8.83. The Morgan fingerprint density at radius 3 is 2.80 bits per heavy atom. The predicted molar refractivity (Wildman–Crippen MR) is 83.3 cm³/mol. The first-order chi connectivity index (χ1) is 9.70. The van der Waals surface area contributed by atoms with Crippen molar-refractivity contribution in [2.24, 2.45) is 0 Å². The number of nitriles is 1. The Kier molecular flexibility index (Phi) is 3.66. The van der Waals surface area contributed by atoms with Gasteiger partial charge in [-0.25, -0.2) is 4.98 Å². The number of rotatable bonds is 3. The van der Waals surface area contributed by atoms with E-state index in [1.54, 1.807) is 23.5 Å². The van der Waals surface area contributed by atoms with Crippen LogP contribution in [0.15, 0.2) is 29.6 Å². The number of aromatic nitrogens is 2. The lowest BCUT2D eigenvalue weighted by molar-refractivity contribution is 0.745. The van der Waals surface area contributed by atoms with Gasteiger partial charge in [-0.2, -0.15) is 5.26 Å². The lowest BCUT2D eigenvalue weighted by Crippen LogP contribution is -1.99. The number of benzene rings is 1. The first-order valence-corrected chi connectivity index (χ1v) is 7.60. The number of aryl methyl sites for hydroxylation is 1. The molecule has 0 saturated carbocycles. The summed E-state index contributed by atoms with van der Waals surface area (Å²) in [6.45, 7) is 0.582. The molecule has 0 fully saturated rings. The van der Waals surface area contributed by atoms with Crippen LogP contribution in [-0.2, 0) is 6.54 Å². The Labute approximate surface area is 130 Å². The van der Waals surface area contributed by atoms with Crippen LogP contribution in [0.1, 0.15) is 6.42 Å². The Morgan fingerprint density at radius 2 is 2.10 bits per heavy atom. The number of hydrogen-bond donors (Lipinski definition) is 0. The number of halogens is 2. The van der Waals surface area contributed by atoms with Gasteiger partial charge in [0, 0.05) is 6.54 Å². The fraction of sp³-hybridized carbons (Fsp3) is 0.143. The van der Waals surface area contributed by atoms with E-state index in [-0.39, 0.29) is 0 Å². The van der Waals surface area contributed by atoms with Crippen LogP contribution in [0.3, 0.4) is 0 Å². The summed E-state index contributed by atoms with van der Waals surface area (Å²) >= 11 is 13.8. The highest BCUT2D eigenvalue weighted by Crippen LogP contribution is 2.32. The van der Waals surface area contributed by atoms with Gasteiger partial charge in [0.25, 0.3) is 0 Å². The number of fused-ring (bicyclic) bond motifs is 1. The minimum Gasteiger partial charge on any atom is -0.322 e. The van der Waals surface area contributed by atoms with Crippen LogP contribution >= 0.6 is 34.5 Å². The van der Waals surface area contributed by atoms with Crippen LogP contribution in [0.25, 0.3) is 21.7 Å². The summed E-state index contributed by atoms with van der Waals surface area (Å²) in [5, 5.41) is 11.8. The Balaban J connectivity index is 2.25. The molecule has 6 heteroatoms. The molecule has 3 nitrogen and oxygen atoms in total. The molecule has 20 heavy (non-hydrogen) atoms. The molecule has 3 aromatic rings. The second-order valence-electron chi connectivity index (χ2n) is 4.23. The summed E-state index contributed by atoms with van der Waals surface area (Å²) in [6, 6.07) is 9.73. The molecule has 0 radical (unpaired) electrons. The molecule has 2 heterocycles. The summed E-state index contributed by atoms with van der Waals surface area (Å²) in [7, 11) is 0. The highest BCUT2D eigenvalue weighted by molar-refractivity contribution is 7.13. The maximum absolute atomic E-state index is 8.83. The fourth-order valence-electron chi connectivity index (χ4n) is 2.10. The second-order valence-corrected chi connectivity index (χ2v) is 5.99. The molecule has 3 rings (SSSR count). The third-order valence-electron chi connectivity index (χ3n) is 2.98. The average Bonchev–Trinajstić information content (AvgIpc) is 3.05. The summed E-state index contributed by atoms with van der Waals surface area (Å²) in [6.07, 6.45) is 0.421. The average molecular weight is 322 g/mol. The van der Waals surface area contributed by atoms with Gasteiger partial charge >= 0.3 is 0 Å². The molecular weight excluding hydrogens is 313 g/mol. The Morgan fingerprint density at radius 1 is 1.30 bits per heavy atom. The van der Waals surface area contributed by atoms with Crippen molar-refractivity contribution in [3.05, 3.63) is 39.7 Å². The summed E-state index contributed by atoms with van der Waals surface area (Å²) in [4.78, 5) is 5.69. The van der Waals surface area contributed by atoms with Crippen LogP contribution in [0.5, 0.6) is 0 Å². The van der Waals surface area contributed by atoms with Gasteiger partial charge in [-0.05, 0) is 23.6 Å². The van der Waals surface area contributed by atoms with Gasteiger partial charge in [-0.3, -0.25) is 0 Å².